The van der Waals surface area contributed by atoms with E-state index in [1.807, 2.05) is 6.92 Å². The molecule has 0 aromatic carbocycles. The van der Waals surface area contributed by atoms with Gasteiger partial charge in [0.05, 0.1) is 0 Å². The van der Waals surface area contributed by atoms with Crippen LogP contribution in [0.5, 0.6) is 0 Å². The van der Waals surface area contributed by atoms with Gasteiger partial charge < -0.3 is 10.6 Å². The van der Waals surface area contributed by atoms with Gasteiger partial charge in [-0.25, -0.2) is 0 Å². The molecule has 0 heterocycles. The molecule has 4 nitrogen and oxygen atoms in total. The van der Waals surface area contributed by atoms with Gasteiger partial charge in [0.25, 0.3) is 0 Å². The number of nitrogens with one attached hydrogen (secondary N) is 2. The van der Waals surface area contributed by atoms with Crippen LogP contribution < -0.4 is 10.6 Å². The molecule has 1 atom stereocenters. The maximum absolute atomic E-state index is 12.2. The van der Waals surface area contributed by atoms with Gasteiger partial charge in [-0.15, -0.1) is 0 Å². The third-order valence-corrected chi connectivity index (χ3v) is 5.17. The van der Waals surface area contributed by atoms with E-state index in [0.29, 0.717) is 6.04 Å². The van der Waals surface area contributed by atoms with Crippen molar-refractivity contribution in [3.05, 3.63) is 0 Å². The molecule has 2 rings (SSSR count). The molecule has 0 aromatic rings. The second-order valence-corrected chi connectivity index (χ2v) is 6.86. The summed E-state index contributed by atoms with van der Waals surface area (Å²) in [6.07, 6.45) is 9.15. The fourth-order valence-electron chi connectivity index (χ4n) is 3.47. The first kappa shape index (κ1) is 16.3. The van der Waals surface area contributed by atoms with Crippen molar-refractivity contribution >= 4 is 11.8 Å². The molecule has 21 heavy (non-hydrogen) atoms. The Bertz CT molecular complexity index is 356. The van der Waals surface area contributed by atoms with E-state index in [9.17, 15) is 9.59 Å². The summed E-state index contributed by atoms with van der Waals surface area (Å²) >= 11 is 0. The minimum Gasteiger partial charge on any atom is -0.353 e. The van der Waals surface area contributed by atoms with Crippen LogP contribution in [0.3, 0.4) is 0 Å². The minimum atomic E-state index is 0.106. The van der Waals surface area contributed by atoms with E-state index >= 15 is 0 Å². The van der Waals surface area contributed by atoms with Crippen molar-refractivity contribution in [3.63, 3.8) is 0 Å². The molecular formula is C17H30N2O2. The second-order valence-electron chi connectivity index (χ2n) is 6.86. The van der Waals surface area contributed by atoms with E-state index in [2.05, 4.69) is 17.6 Å². The van der Waals surface area contributed by atoms with Crippen molar-refractivity contribution in [2.24, 2.45) is 11.8 Å². The summed E-state index contributed by atoms with van der Waals surface area (Å²) in [5.74, 6) is 0.634. The third kappa shape index (κ3) is 4.72. The smallest absolute Gasteiger partial charge is 0.223 e. The molecule has 1 unspecified atom stereocenters. The van der Waals surface area contributed by atoms with Crippen molar-refractivity contribution in [1.82, 2.24) is 10.6 Å². The molecule has 0 aliphatic heterocycles. The van der Waals surface area contributed by atoms with E-state index in [1.54, 1.807) is 0 Å². The molecule has 0 saturated heterocycles. The van der Waals surface area contributed by atoms with Gasteiger partial charge in [0, 0.05) is 23.9 Å². The number of carbonyl (C=O) groups excluding carboxylic acids is 2. The fraction of sp³-hybridized carbons (Fsp3) is 0.882. The molecule has 2 aliphatic rings. The first-order valence-corrected chi connectivity index (χ1v) is 8.71. The van der Waals surface area contributed by atoms with Crippen molar-refractivity contribution in [2.75, 3.05) is 0 Å². The maximum atomic E-state index is 12.2. The lowest BCUT2D eigenvalue weighted by Crippen LogP contribution is -2.42. The zero-order valence-corrected chi connectivity index (χ0v) is 13.5. The predicted octanol–water partition coefficient (Wildman–Crippen LogP) is 2.77. The molecular weight excluding hydrogens is 264 g/mol. The highest BCUT2D eigenvalue weighted by molar-refractivity contribution is 5.81. The summed E-state index contributed by atoms with van der Waals surface area (Å²) in [7, 11) is 0. The largest absolute Gasteiger partial charge is 0.353 e. The topological polar surface area (TPSA) is 58.2 Å². The normalized spacial score (nSPS) is 28.1. The van der Waals surface area contributed by atoms with Crippen LogP contribution in [0.4, 0.5) is 0 Å². The monoisotopic (exact) mass is 294 g/mol. The van der Waals surface area contributed by atoms with Gasteiger partial charge in [-0.3, -0.25) is 9.59 Å². The van der Waals surface area contributed by atoms with Crippen molar-refractivity contribution in [2.45, 2.75) is 83.7 Å². The minimum absolute atomic E-state index is 0.106. The molecule has 2 aliphatic carbocycles. The van der Waals surface area contributed by atoms with E-state index in [1.165, 1.54) is 12.8 Å². The number of amides is 2. The van der Waals surface area contributed by atoms with E-state index in [4.69, 9.17) is 0 Å². The summed E-state index contributed by atoms with van der Waals surface area (Å²) in [6, 6.07) is 0.657. The Balaban J connectivity index is 1.72. The Labute approximate surface area is 128 Å². The van der Waals surface area contributed by atoms with E-state index < -0.39 is 0 Å². The lowest BCUT2D eigenvalue weighted by atomic mass is 9.81. The molecule has 2 N–H and O–H groups in total. The first-order chi connectivity index (χ1) is 10.1. The molecule has 0 bridgehead atoms. The average Bonchev–Trinajstić information content (AvgIpc) is 3.00. The molecule has 0 aromatic heterocycles. The van der Waals surface area contributed by atoms with Gasteiger partial charge in [0.2, 0.25) is 11.8 Å². The van der Waals surface area contributed by atoms with E-state index in [0.717, 1.165) is 44.9 Å². The average molecular weight is 294 g/mol. The molecule has 2 amide bonds. The van der Waals surface area contributed by atoms with Crippen LogP contribution in [0, 0.1) is 11.8 Å². The van der Waals surface area contributed by atoms with Crippen LogP contribution in [0.2, 0.25) is 0 Å². The van der Waals surface area contributed by atoms with E-state index in [-0.39, 0.29) is 29.7 Å². The van der Waals surface area contributed by atoms with Gasteiger partial charge in [-0.05, 0) is 51.9 Å². The Kier molecular flexibility index (Phi) is 6.07. The van der Waals surface area contributed by atoms with Gasteiger partial charge in [-0.2, -0.15) is 0 Å². The zero-order chi connectivity index (χ0) is 15.2. The highest BCUT2D eigenvalue weighted by Gasteiger charge is 2.31. The Morgan fingerprint density at radius 1 is 0.952 bits per heavy atom. The summed E-state index contributed by atoms with van der Waals surface area (Å²) in [5, 5.41) is 6.26. The van der Waals surface area contributed by atoms with Crippen LogP contribution in [0.25, 0.3) is 0 Å². The van der Waals surface area contributed by atoms with Crippen LogP contribution in [-0.4, -0.2) is 23.9 Å². The van der Waals surface area contributed by atoms with Crippen LogP contribution in [0.15, 0.2) is 0 Å². The number of hydrogen-bond donors (Lipinski definition) is 2. The quantitative estimate of drug-likeness (QED) is 0.819. The first-order valence-electron chi connectivity index (χ1n) is 8.71. The van der Waals surface area contributed by atoms with Crippen LogP contribution in [-0.2, 0) is 9.59 Å². The highest BCUT2D eigenvalue weighted by atomic mass is 16.2. The maximum Gasteiger partial charge on any atom is 0.223 e. The van der Waals surface area contributed by atoms with Crippen molar-refractivity contribution in [1.29, 1.82) is 0 Å². The zero-order valence-electron chi connectivity index (χ0n) is 13.5. The summed E-state index contributed by atoms with van der Waals surface area (Å²) in [5.41, 5.74) is 0. The number of hydrogen-bond acceptors (Lipinski definition) is 2. The van der Waals surface area contributed by atoms with Crippen molar-refractivity contribution < 1.29 is 9.59 Å². The SMILES string of the molecule is CCC(C)NC(=O)C1CCC(C(=O)NC2CCCC2)CC1. The van der Waals surface area contributed by atoms with Gasteiger partial charge in [-0.1, -0.05) is 19.8 Å². The molecule has 0 spiro atoms. The molecule has 0 radical (unpaired) electrons. The summed E-state index contributed by atoms with van der Waals surface area (Å²) in [4.78, 5) is 24.4. The molecule has 2 saturated carbocycles. The lowest BCUT2D eigenvalue weighted by molar-refractivity contribution is -0.131. The molecule has 4 heteroatoms. The Morgan fingerprint density at radius 3 is 2.00 bits per heavy atom. The highest BCUT2D eigenvalue weighted by Crippen LogP contribution is 2.30. The van der Waals surface area contributed by atoms with Crippen LogP contribution in [0.1, 0.15) is 71.6 Å². The van der Waals surface area contributed by atoms with Gasteiger partial charge in [0.1, 0.15) is 0 Å². The van der Waals surface area contributed by atoms with Crippen LogP contribution >= 0.6 is 0 Å². The molecule has 120 valence electrons. The number of rotatable bonds is 5. The Hall–Kier alpha value is -1.06. The van der Waals surface area contributed by atoms with Crippen molar-refractivity contribution in [3.8, 4) is 0 Å². The fourth-order valence-corrected chi connectivity index (χ4v) is 3.47. The standard InChI is InChI=1S/C17H30N2O2/c1-3-12(2)18-16(20)13-8-10-14(11-9-13)17(21)19-15-6-4-5-7-15/h12-15H,3-11H2,1-2H3,(H,18,20)(H,19,21). The third-order valence-electron chi connectivity index (χ3n) is 5.17. The van der Waals surface area contributed by atoms with Gasteiger partial charge in [0.15, 0.2) is 0 Å². The number of carbonyl (C=O) groups is 2. The second kappa shape index (κ2) is 7.81. The Morgan fingerprint density at radius 2 is 1.48 bits per heavy atom. The van der Waals surface area contributed by atoms with Gasteiger partial charge >= 0.3 is 0 Å². The summed E-state index contributed by atoms with van der Waals surface area (Å²) < 4.78 is 0. The predicted molar refractivity (Wildman–Crippen MR) is 83.7 cm³/mol. The lowest BCUT2D eigenvalue weighted by Gasteiger charge is -2.28. The summed E-state index contributed by atoms with van der Waals surface area (Å²) in [6.45, 7) is 4.12. The molecule has 2 fully saturated rings.